The molecule has 1 heterocycles. The van der Waals surface area contributed by atoms with Crippen LogP contribution in [0.1, 0.15) is 30.6 Å². The summed E-state index contributed by atoms with van der Waals surface area (Å²) in [7, 11) is 0. The zero-order chi connectivity index (χ0) is 14.5. The van der Waals surface area contributed by atoms with Gasteiger partial charge in [0.1, 0.15) is 0 Å². The molecule has 0 atom stereocenters. The lowest BCUT2D eigenvalue weighted by molar-refractivity contribution is -0.122. The maximum atomic E-state index is 12.3. The van der Waals surface area contributed by atoms with Crippen LogP contribution in [-0.2, 0) is 4.79 Å². The molecule has 0 radical (unpaired) electrons. The third kappa shape index (κ3) is 3.14. The van der Waals surface area contributed by atoms with Gasteiger partial charge in [-0.25, -0.2) is 4.90 Å². The molecule has 1 aliphatic rings. The Kier molecular flexibility index (Phi) is 4.68. The molecule has 0 unspecified atom stereocenters. The van der Waals surface area contributed by atoms with Crippen LogP contribution in [0.25, 0.3) is 0 Å². The molecule has 2 rings (SSSR count). The summed E-state index contributed by atoms with van der Waals surface area (Å²) in [6.45, 7) is 3.83. The Balaban J connectivity index is 2.28. The van der Waals surface area contributed by atoms with Crippen LogP contribution >= 0.6 is 11.8 Å². The summed E-state index contributed by atoms with van der Waals surface area (Å²) >= 11 is 1.23. The molecule has 104 valence electrons. The van der Waals surface area contributed by atoms with E-state index in [4.69, 9.17) is 0 Å². The molecule has 2 amide bonds. The number of amides is 2. The maximum Gasteiger partial charge on any atom is 0.266 e. The molecule has 1 saturated heterocycles. The van der Waals surface area contributed by atoms with E-state index in [1.54, 1.807) is 24.3 Å². The summed E-state index contributed by atoms with van der Waals surface area (Å²) < 4.78 is 0. The molecule has 0 aliphatic carbocycles. The first-order chi connectivity index (χ1) is 9.63. The Morgan fingerprint density at radius 1 is 1.35 bits per heavy atom. The van der Waals surface area contributed by atoms with Gasteiger partial charge in [0.05, 0.1) is 5.75 Å². The van der Waals surface area contributed by atoms with Crippen molar-refractivity contribution in [2.75, 3.05) is 5.75 Å². The smallest absolute Gasteiger partial charge is 0.266 e. The van der Waals surface area contributed by atoms with Gasteiger partial charge < -0.3 is 0 Å². The Morgan fingerprint density at radius 2 is 2.05 bits per heavy atom. The molecular weight excluding hydrogens is 274 g/mol. The van der Waals surface area contributed by atoms with E-state index in [2.05, 4.69) is 10.2 Å². The molecule has 6 heteroatoms. The van der Waals surface area contributed by atoms with Crippen LogP contribution < -0.4 is 0 Å². The van der Waals surface area contributed by atoms with E-state index in [1.165, 1.54) is 11.8 Å². The van der Waals surface area contributed by atoms with Crippen LogP contribution in [0.15, 0.2) is 40.5 Å². The predicted molar refractivity (Wildman–Crippen MR) is 80.9 cm³/mol. The lowest BCUT2D eigenvalue weighted by Crippen LogP contribution is -2.35. The molecule has 0 saturated carbocycles. The molecule has 1 aromatic rings. The lowest BCUT2D eigenvalue weighted by Gasteiger charge is -2.12. The Hall–Kier alpha value is -1.95. The van der Waals surface area contributed by atoms with Crippen LogP contribution in [0, 0.1) is 0 Å². The highest BCUT2D eigenvalue weighted by atomic mass is 32.2. The number of nitrogens with zero attached hydrogens (tertiary/aromatic N) is 3. The van der Waals surface area contributed by atoms with E-state index in [9.17, 15) is 9.59 Å². The molecule has 5 nitrogen and oxygen atoms in total. The monoisotopic (exact) mass is 289 g/mol. The molecule has 0 N–H and O–H groups in total. The average molecular weight is 289 g/mol. The standard InChI is InChI=1S/C14H15N3O2S/c1-3-10(2)15-16-14-17(12(18)9-20-14)13(19)11-7-5-4-6-8-11/h4-8H,3,9H2,1-2H3/b15-10-,16-14+. The zero-order valence-electron chi connectivity index (χ0n) is 11.4. The minimum absolute atomic E-state index is 0.220. The summed E-state index contributed by atoms with van der Waals surface area (Å²) in [5.41, 5.74) is 1.32. The van der Waals surface area contributed by atoms with Crippen LogP contribution in [0.5, 0.6) is 0 Å². The van der Waals surface area contributed by atoms with Crippen molar-refractivity contribution in [3.8, 4) is 0 Å². The molecule has 1 aliphatic heterocycles. The third-order valence-electron chi connectivity index (χ3n) is 2.81. The number of amidine groups is 1. The summed E-state index contributed by atoms with van der Waals surface area (Å²) in [6, 6.07) is 8.70. The van der Waals surface area contributed by atoms with E-state index in [0.717, 1.165) is 17.0 Å². The number of thioether (sulfide) groups is 1. The summed E-state index contributed by atoms with van der Waals surface area (Å²) in [5, 5.41) is 8.39. The van der Waals surface area contributed by atoms with Crippen molar-refractivity contribution in [3.05, 3.63) is 35.9 Å². The molecule has 1 aromatic carbocycles. The highest BCUT2D eigenvalue weighted by molar-refractivity contribution is 8.15. The maximum absolute atomic E-state index is 12.3. The molecular formula is C14H15N3O2S. The third-order valence-corrected chi connectivity index (χ3v) is 3.72. The number of hydrogen-bond acceptors (Lipinski definition) is 5. The second-order valence-corrected chi connectivity index (χ2v) is 5.20. The fraction of sp³-hybridized carbons (Fsp3) is 0.286. The van der Waals surface area contributed by atoms with E-state index in [-0.39, 0.29) is 17.6 Å². The van der Waals surface area contributed by atoms with Crippen LogP contribution in [0.4, 0.5) is 0 Å². The average Bonchev–Trinajstić information content (AvgIpc) is 2.85. The van der Waals surface area contributed by atoms with E-state index >= 15 is 0 Å². The first-order valence-electron chi connectivity index (χ1n) is 6.29. The number of rotatable bonds is 3. The van der Waals surface area contributed by atoms with Crippen molar-refractivity contribution in [2.45, 2.75) is 20.3 Å². The van der Waals surface area contributed by atoms with Crippen LogP contribution in [0.3, 0.4) is 0 Å². The van der Waals surface area contributed by atoms with E-state index < -0.39 is 0 Å². The molecule has 1 fully saturated rings. The van der Waals surface area contributed by atoms with Gasteiger partial charge in [0.25, 0.3) is 5.91 Å². The van der Waals surface area contributed by atoms with Crippen molar-refractivity contribution in [1.82, 2.24) is 4.90 Å². The van der Waals surface area contributed by atoms with Gasteiger partial charge in [-0.3, -0.25) is 9.59 Å². The summed E-state index contributed by atoms with van der Waals surface area (Å²) in [6.07, 6.45) is 0.780. The Morgan fingerprint density at radius 3 is 2.70 bits per heavy atom. The summed E-state index contributed by atoms with van der Waals surface area (Å²) in [5.74, 6) is -0.395. The highest BCUT2D eigenvalue weighted by Gasteiger charge is 2.34. The van der Waals surface area contributed by atoms with E-state index in [0.29, 0.717) is 10.7 Å². The first kappa shape index (κ1) is 14.5. The second-order valence-electron chi connectivity index (χ2n) is 4.26. The van der Waals surface area contributed by atoms with Gasteiger partial charge in [0.2, 0.25) is 5.91 Å². The quantitative estimate of drug-likeness (QED) is 0.488. The van der Waals surface area contributed by atoms with Crippen molar-refractivity contribution in [3.63, 3.8) is 0 Å². The highest BCUT2D eigenvalue weighted by Crippen LogP contribution is 2.22. The van der Waals surface area contributed by atoms with Gasteiger partial charge in [-0.1, -0.05) is 36.9 Å². The predicted octanol–water partition coefficient (Wildman–Crippen LogP) is 2.54. The number of benzene rings is 1. The topological polar surface area (TPSA) is 62.1 Å². The number of hydrogen-bond donors (Lipinski definition) is 0. The van der Waals surface area contributed by atoms with Crippen molar-refractivity contribution in [1.29, 1.82) is 0 Å². The largest absolute Gasteiger partial charge is 0.273 e. The Labute approximate surface area is 121 Å². The summed E-state index contributed by atoms with van der Waals surface area (Å²) in [4.78, 5) is 25.3. The van der Waals surface area contributed by atoms with Gasteiger partial charge >= 0.3 is 0 Å². The lowest BCUT2D eigenvalue weighted by atomic mass is 10.2. The number of imide groups is 1. The van der Waals surface area contributed by atoms with Crippen molar-refractivity contribution in [2.24, 2.45) is 10.2 Å². The van der Waals surface area contributed by atoms with Gasteiger partial charge in [0.15, 0.2) is 5.17 Å². The zero-order valence-corrected chi connectivity index (χ0v) is 12.2. The molecule has 0 bridgehead atoms. The van der Waals surface area contributed by atoms with Crippen LogP contribution in [0.2, 0.25) is 0 Å². The first-order valence-corrected chi connectivity index (χ1v) is 7.28. The van der Waals surface area contributed by atoms with Crippen molar-refractivity contribution < 1.29 is 9.59 Å². The molecule has 0 spiro atoms. The minimum Gasteiger partial charge on any atom is -0.273 e. The van der Waals surface area contributed by atoms with Gasteiger partial charge in [-0.05, 0) is 25.5 Å². The van der Waals surface area contributed by atoms with Gasteiger partial charge in [0, 0.05) is 11.3 Å². The molecule has 0 aromatic heterocycles. The minimum atomic E-state index is -0.358. The second kappa shape index (κ2) is 6.47. The molecule has 20 heavy (non-hydrogen) atoms. The van der Waals surface area contributed by atoms with E-state index in [1.807, 2.05) is 19.9 Å². The Bertz CT molecular complexity index is 581. The van der Waals surface area contributed by atoms with Crippen molar-refractivity contribution >= 4 is 34.5 Å². The SMILES string of the molecule is CC/C(C)=N\N=C1\SCC(=O)N1C(=O)c1ccccc1. The van der Waals surface area contributed by atoms with Gasteiger partial charge in [-0.2, -0.15) is 5.10 Å². The van der Waals surface area contributed by atoms with Crippen LogP contribution in [-0.4, -0.2) is 33.3 Å². The number of carbonyl (C=O) groups excluding carboxylic acids is 2. The number of carbonyl (C=O) groups is 2. The fourth-order valence-electron chi connectivity index (χ4n) is 1.54. The fourth-order valence-corrected chi connectivity index (χ4v) is 2.34. The van der Waals surface area contributed by atoms with Gasteiger partial charge in [-0.15, -0.1) is 5.10 Å². The normalized spacial score (nSPS) is 17.9.